The minimum atomic E-state index is -0.295. The van der Waals surface area contributed by atoms with E-state index >= 15 is 0 Å². The third-order valence-corrected chi connectivity index (χ3v) is 4.36. The van der Waals surface area contributed by atoms with Crippen molar-refractivity contribution < 1.29 is 4.39 Å². The maximum Gasteiger partial charge on any atom is 0.124 e. The number of aryl methyl sites for hydroxylation is 1. The quantitative estimate of drug-likeness (QED) is 0.879. The first-order chi connectivity index (χ1) is 8.60. The van der Waals surface area contributed by atoms with Crippen molar-refractivity contribution in [2.75, 3.05) is 7.05 Å². The molecule has 1 atom stereocenters. The molecule has 0 aliphatic carbocycles. The minimum Gasteiger partial charge on any atom is -0.312 e. The molecule has 1 unspecified atom stereocenters. The van der Waals surface area contributed by atoms with Gasteiger partial charge < -0.3 is 5.32 Å². The van der Waals surface area contributed by atoms with Crippen LogP contribution in [0.15, 0.2) is 30.3 Å². The van der Waals surface area contributed by atoms with Gasteiger partial charge in [0.05, 0.1) is 0 Å². The van der Waals surface area contributed by atoms with E-state index in [1.807, 2.05) is 7.05 Å². The monoisotopic (exact) mass is 283 g/mol. The van der Waals surface area contributed by atoms with Crippen LogP contribution in [0.2, 0.25) is 5.02 Å². The highest BCUT2D eigenvalue weighted by Crippen LogP contribution is 2.28. The van der Waals surface area contributed by atoms with Crippen LogP contribution in [-0.4, -0.2) is 7.05 Å². The number of hydrogen-bond donors (Lipinski definition) is 1. The van der Waals surface area contributed by atoms with Gasteiger partial charge in [0.15, 0.2) is 0 Å². The van der Waals surface area contributed by atoms with Crippen LogP contribution in [0.3, 0.4) is 0 Å². The minimum absolute atomic E-state index is 0.215. The van der Waals surface area contributed by atoms with Gasteiger partial charge in [-0.1, -0.05) is 17.7 Å². The van der Waals surface area contributed by atoms with Crippen molar-refractivity contribution in [3.63, 3.8) is 0 Å². The number of hydrogen-bond acceptors (Lipinski definition) is 2. The zero-order valence-corrected chi connectivity index (χ0v) is 11.9. The van der Waals surface area contributed by atoms with Crippen LogP contribution in [0.4, 0.5) is 4.39 Å². The van der Waals surface area contributed by atoms with Gasteiger partial charge in [-0.15, -0.1) is 11.3 Å². The van der Waals surface area contributed by atoms with E-state index in [1.165, 1.54) is 21.9 Å². The molecule has 0 amide bonds. The maximum atomic E-state index is 13.0. The molecule has 96 valence electrons. The highest BCUT2D eigenvalue weighted by molar-refractivity contribution is 7.12. The molecule has 1 aromatic carbocycles. The first kappa shape index (κ1) is 13.5. The van der Waals surface area contributed by atoms with Crippen LogP contribution in [0, 0.1) is 12.7 Å². The largest absolute Gasteiger partial charge is 0.312 e. The summed E-state index contributed by atoms with van der Waals surface area (Å²) in [5.41, 5.74) is 0.962. The molecule has 0 aliphatic heterocycles. The lowest BCUT2D eigenvalue weighted by Crippen LogP contribution is -2.17. The van der Waals surface area contributed by atoms with Crippen LogP contribution in [0.1, 0.15) is 21.4 Å². The van der Waals surface area contributed by atoms with Gasteiger partial charge in [0.2, 0.25) is 0 Å². The van der Waals surface area contributed by atoms with E-state index in [-0.39, 0.29) is 11.9 Å². The molecule has 0 radical (unpaired) electrons. The molecule has 0 spiro atoms. The summed E-state index contributed by atoms with van der Waals surface area (Å²) in [5.74, 6) is -0.295. The average Bonchev–Trinajstić information content (AvgIpc) is 2.75. The highest BCUT2D eigenvalue weighted by atomic mass is 35.5. The number of nitrogens with one attached hydrogen (secondary N) is 1. The number of likely N-dealkylation sites (N-methyl/N-ethyl adjacent to an activating group) is 1. The lowest BCUT2D eigenvalue weighted by atomic mass is 10.0. The van der Waals surface area contributed by atoms with E-state index in [0.29, 0.717) is 5.02 Å². The summed E-state index contributed by atoms with van der Waals surface area (Å²) < 4.78 is 13.0. The molecule has 0 saturated heterocycles. The fourth-order valence-electron chi connectivity index (χ4n) is 1.89. The molecule has 0 bridgehead atoms. The highest BCUT2D eigenvalue weighted by Gasteiger charge is 2.14. The maximum absolute atomic E-state index is 13.0. The lowest BCUT2D eigenvalue weighted by Gasteiger charge is -2.15. The Hall–Kier alpha value is -0.900. The predicted octanol–water partition coefficient (Wildman–Crippen LogP) is 4.35. The van der Waals surface area contributed by atoms with Gasteiger partial charge in [-0.2, -0.15) is 0 Å². The van der Waals surface area contributed by atoms with E-state index in [1.54, 1.807) is 17.4 Å². The van der Waals surface area contributed by atoms with Crippen molar-refractivity contribution in [1.82, 2.24) is 5.32 Å². The van der Waals surface area contributed by atoms with Crippen LogP contribution in [0.5, 0.6) is 0 Å². The van der Waals surface area contributed by atoms with Crippen molar-refractivity contribution in [2.45, 2.75) is 19.4 Å². The summed E-state index contributed by atoms with van der Waals surface area (Å²) in [6.45, 7) is 2.09. The lowest BCUT2D eigenvalue weighted by molar-refractivity contribution is 0.598. The van der Waals surface area contributed by atoms with E-state index in [2.05, 4.69) is 24.4 Å². The Morgan fingerprint density at radius 1 is 1.33 bits per heavy atom. The second kappa shape index (κ2) is 5.83. The zero-order valence-electron chi connectivity index (χ0n) is 10.3. The average molecular weight is 284 g/mol. The van der Waals surface area contributed by atoms with E-state index in [9.17, 15) is 4.39 Å². The SMILES string of the molecule is CNC(Cc1ccc(F)cc1Cl)c1ccc(C)s1. The van der Waals surface area contributed by atoms with Gasteiger partial charge in [0.25, 0.3) is 0 Å². The normalized spacial score (nSPS) is 12.7. The number of thiophene rings is 1. The van der Waals surface area contributed by atoms with Crippen LogP contribution in [0.25, 0.3) is 0 Å². The standard InChI is InChI=1S/C14H15ClFNS/c1-9-3-6-14(18-9)13(17-2)7-10-4-5-11(16)8-12(10)15/h3-6,8,13,17H,7H2,1-2H3. The Bertz CT molecular complexity index is 538. The smallest absolute Gasteiger partial charge is 0.124 e. The second-order valence-electron chi connectivity index (χ2n) is 4.23. The molecular weight excluding hydrogens is 269 g/mol. The summed E-state index contributed by atoms with van der Waals surface area (Å²) in [6, 6.07) is 9.01. The van der Waals surface area contributed by atoms with Gasteiger partial charge in [0, 0.05) is 20.8 Å². The fourth-order valence-corrected chi connectivity index (χ4v) is 3.12. The van der Waals surface area contributed by atoms with Crippen molar-refractivity contribution in [3.05, 3.63) is 56.5 Å². The molecule has 1 nitrogen and oxygen atoms in total. The third-order valence-electron chi connectivity index (χ3n) is 2.89. The first-order valence-electron chi connectivity index (χ1n) is 5.77. The predicted molar refractivity (Wildman–Crippen MR) is 76.0 cm³/mol. The van der Waals surface area contributed by atoms with E-state index in [0.717, 1.165) is 12.0 Å². The summed E-state index contributed by atoms with van der Waals surface area (Å²) in [4.78, 5) is 2.56. The van der Waals surface area contributed by atoms with Crippen LogP contribution >= 0.6 is 22.9 Å². The molecule has 1 N–H and O–H groups in total. The molecule has 0 saturated carbocycles. The molecule has 2 rings (SSSR count). The molecule has 0 fully saturated rings. The summed E-state index contributed by atoms with van der Waals surface area (Å²) in [7, 11) is 1.93. The molecule has 1 aromatic heterocycles. The van der Waals surface area contributed by atoms with Crippen LogP contribution in [-0.2, 0) is 6.42 Å². The van der Waals surface area contributed by atoms with Gasteiger partial charge in [-0.05, 0) is 50.2 Å². The summed E-state index contributed by atoms with van der Waals surface area (Å²) >= 11 is 7.83. The van der Waals surface area contributed by atoms with Gasteiger partial charge in [-0.25, -0.2) is 4.39 Å². The molecule has 1 heterocycles. The Balaban J connectivity index is 2.20. The van der Waals surface area contributed by atoms with Crippen molar-refractivity contribution >= 4 is 22.9 Å². The van der Waals surface area contributed by atoms with Gasteiger partial charge in [-0.3, -0.25) is 0 Å². The molecular formula is C14H15ClFNS. The molecule has 18 heavy (non-hydrogen) atoms. The molecule has 0 aliphatic rings. The molecule has 4 heteroatoms. The van der Waals surface area contributed by atoms with Crippen LogP contribution < -0.4 is 5.32 Å². The second-order valence-corrected chi connectivity index (χ2v) is 5.96. The fraction of sp³-hybridized carbons (Fsp3) is 0.286. The van der Waals surface area contributed by atoms with Gasteiger partial charge in [0.1, 0.15) is 5.82 Å². The molecule has 2 aromatic rings. The topological polar surface area (TPSA) is 12.0 Å². The van der Waals surface area contributed by atoms with E-state index < -0.39 is 0 Å². The van der Waals surface area contributed by atoms with Crippen molar-refractivity contribution in [3.8, 4) is 0 Å². The Labute approximate surface area is 116 Å². The van der Waals surface area contributed by atoms with E-state index in [4.69, 9.17) is 11.6 Å². The zero-order chi connectivity index (χ0) is 13.1. The Morgan fingerprint density at radius 3 is 2.67 bits per heavy atom. The number of halogens is 2. The summed E-state index contributed by atoms with van der Waals surface area (Å²) in [5, 5.41) is 3.77. The number of rotatable bonds is 4. The Morgan fingerprint density at radius 2 is 2.11 bits per heavy atom. The van der Waals surface area contributed by atoms with Crippen molar-refractivity contribution in [2.24, 2.45) is 0 Å². The van der Waals surface area contributed by atoms with Gasteiger partial charge >= 0.3 is 0 Å². The summed E-state index contributed by atoms with van der Waals surface area (Å²) in [6.07, 6.45) is 0.759. The third kappa shape index (κ3) is 3.10. The Kier molecular flexibility index (Phi) is 4.38. The van der Waals surface area contributed by atoms with Crippen molar-refractivity contribution in [1.29, 1.82) is 0 Å². The first-order valence-corrected chi connectivity index (χ1v) is 6.97. The number of benzene rings is 1.